The Bertz CT molecular complexity index is 470. The van der Waals surface area contributed by atoms with Crippen LogP contribution in [-0.2, 0) is 0 Å². The predicted octanol–water partition coefficient (Wildman–Crippen LogP) is 2.09. The number of hydrogen-bond acceptors (Lipinski definition) is 6. The molecular weight excluding hydrogens is 214 g/mol. The van der Waals surface area contributed by atoms with Crippen LogP contribution in [0.3, 0.4) is 0 Å². The molecule has 0 saturated carbocycles. The van der Waals surface area contributed by atoms with Gasteiger partial charge in [-0.1, -0.05) is 12.1 Å². The van der Waals surface area contributed by atoms with Crippen LogP contribution in [0.2, 0.25) is 0 Å². The Balaban J connectivity index is 2.41. The molecule has 1 aromatic heterocycles. The van der Waals surface area contributed by atoms with E-state index >= 15 is 0 Å². The highest BCUT2D eigenvalue weighted by Crippen LogP contribution is 2.26. The number of anilines is 2. The lowest BCUT2D eigenvalue weighted by Crippen LogP contribution is -2.06. The third-order valence-electron chi connectivity index (χ3n) is 1.88. The van der Waals surface area contributed by atoms with Gasteiger partial charge in [0.15, 0.2) is 5.13 Å². The van der Waals surface area contributed by atoms with Crippen LogP contribution in [0.4, 0.5) is 10.8 Å². The summed E-state index contributed by atoms with van der Waals surface area (Å²) in [6.45, 7) is 0. The normalized spacial score (nSPS) is 10.3. The maximum atomic E-state index is 10.7. The second kappa shape index (κ2) is 3.85. The van der Waals surface area contributed by atoms with Gasteiger partial charge in [-0.05, 0) is 12.1 Å². The van der Waals surface area contributed by atoms with Crippen LogP contribution in [0.1, 0.15) is 0 Å². The number of thiazole rings is 1. The van der Waals surface area contributed by atoms with Crippen LogP contribution in [0.25, 0.3) is 11.3 Å². The molecule has 0 atom stereocenters. The average Bonchev–Trinajstić information content (AvgIpc) is 2.65. The topological polar surface area (TPSA) is 85.4 Å². The van der Waals surface area contributed by atoms with E-state index in [1.165, 1.54) is 17.4 Å². The summed E-state index contributed by atoms with van der Waals surface area (Å²) in [4.78, 5) is 4.08. The first-order valence-corrected chi connectivity index (χ1v) is 5.02. The summed E-state index contributed by atoms with van der Waals surface area (Å²) >= 11 is 1.33. The summed E-state index contributed by atoms with van der Waals surface area (Å²) in [7, 11) is 0. The Labute approximate surface area is 89.9 Å². The molecule has 2 rings (SSSR count). The molecule has 0 aliphatic rings. The lowest BCUT2D eigenvalue weighted by Gasteiger charge is -2.21. The average molecular weight is 222 g/mol. The number of aromatic nitrogens is 1. The molecule has 0 bridgehead atoms. The van der Waals surface area contributed by atoms with Gasteiger partial charge in [0.2, 0.25) is 0 Å². The number of benzene rings is 1. The molecule has 15 heavy (non-hydrogen) atoms. The Morgan fingerprint density at radius 3 is 2.87 bits per heavy atom. The SMILES string of the molecule is Nc1nc(-c2cccc(N([O-])O)c2)cs1. The van der Waals surface area contributed by atoms with E-state index in [9.17, 15) is 5.21 Å². The summed E-state index contributed by atoms with van der Waals surface area (Å²) in [6.07, 6.45) is 0. The van der Waals surface area contributed by atoms with Gasteiger partial charge in [0, 0.05) is 10.9 Å². The van der Waals surface area contributed by atoms with E-state index in [1.54, 1.807) is 23.6 Å². The van der Waals surface area contributed by atoms with E-state index < -0.39 is 0 Å². The zero-order chi connectivity index (χ0) is 10.8. The van der Waals surface area contributed by atoms with Gasteiger partial charge in [0.05, 0.1) is 11.4 Å². The van der Waals surface area contributed by atoms with Crippen molar-refractivity contribution in [3.05, 3.63) is 34.9 Å². The molecule has 0 fully saturated rings. The minimum atomic E-state index is -0.181. The van der Waals surface area contributed by atoms with Crippen LogP contribution in [0.5, 0.6) is 0 Å². The van der Waals surface area contributed by atoms with Gasteiger partial charge in [-0.3, -0.25) is 5.21 Å². The van der Waals surface area contributed by atoms with E-state index in [0.29, 0.717) is 10.8 Å². The first kappa shape index (κ1) is 9.91. The largest absolute Gasteiger partial charge is 0.733 e. The highest BCUT2D eigenvalue weighted by molar-refractivity contribution is 7.13. The highest BCUT2D eigenvalue weighted by atomic mass is 32.1. The van der Waals surface area contributed by atoms with E-state index in [1.807, 2.05) is 0 Å². The first-order valence-electron chi connectivity index (χ1n) is 4.14. The number of rotatable bonds is 2. The predicted molar refractivity (Wildman–Crippen MR) is 59.6 cm³/mol. The lowest BCUT2D eigenvalue weighted by atomic mass is 10.1. The summed E-state index contributed by atoms with van der Waals surface area (Å²) in [5, 5.41) is 21.5. The van der Waals surface area contributed by atoms with E-state index in [0.717, 1.165) is 5.56 Å². The van der Waals surface area contributed by atoms with E-state index in [2.05, 4.69) is 4.98 Å². The fourth-order valence-corrected chi connectivity index (χ4v) is 1.78. The quantitative estimate of drug-likeness (QED) is 0.760. The summed E-state index contributed by atoms with van der Waals surface area (Å²) < 4.78 is 0. The Morgan fingerprint density at radius 1 is 1.47 bits per heavy atom. The molecule has 0 saturated heterocycles. The molecule has 1 heterocycles. The highest BCUT2D eigenvalue weighted by Gasteiger charge is 2.03. The number of nitrogens with two attached hydrogens (primary N) is 1. The van der Waals surface area contributed by atoms with Gasteiger partial charge >= 0.3 is 0 Å². The van der Waals surface area contributed by atoms with Gasteiger partial charge in [-0.15, -0.1) is 11.3 Å². The summed E-state index contributed by atoms with van der Waals surface area (Å²) in [6, 6.07) is 6.51. The number of nitrogens with zero attached hydrogens (tertiary/aromatic N) is 2. The van der Waals surface area contributed by atoms with Crippen LogP contribution >= 0.6 is 11.3 Å². The molecule has 0 aliphatic carbocycles. The van der Waals surface area contributed by atoms with Crippen LogP contribution in [0, 0.1) is 5.21 Å². The Kier molecular flexibility index (Phi) is 2.55. The molecule has 2 aromatic rings. The lowest BCUT2D eigenvalue weighted by molar-refractivity contribution is 0.296. The third-order valence-corrected chi connectivity index (χ3v) is 2.56. The van der Waals surface area contributed by atoms with Crippen LogP contribution in [-0.4, -0.2) is 10.2 Å². The fourth-order valence-electron chi connectivity index (χ4n) is 1.20. The second-order valence-corrected chi connectivity index (χ2v) is 3.78. The van der Waals surface area contributed by atoms with Crippen molar-refractivity contribution in [1.29, 1.82) is 0 Å². The van der Waals surface area contributed by atoms with Crippen molar-refractivity contribution >= 4 is 22.2 Å². The number of nitrogen functional groups attached to an aromatic ring is 1. The maximum absolute atomic E-state index is 10.7. The van der Waals surface area contributed by atoms with Gasteiger partial charge in [0.1, 0.15) is 0 Å². The van der Waals surface area contributed by atoms with Crippen molar-refractivity contribution in [3.63, 3.8) is 0 Å². The van der Waals surface area contributed by atoms with Crippen molar-refractivity contribution in [1.82, 2.24) is 4.98 Å². The summed E-state index contributed by atoms with van der Waals surface area (Å²) in [5.41, 5.74) is 7.11. The minimum Gasteiger partial charge on any atom is -0.733 e. The maximum Gasteiger partial charge on any atom is 0.180 e. The molecule has 5 nitrogen and oxygen atoms in total. The van der Waals surface area contributed by atoms with Gasteiger partial charge in [-0.25, -0.2) is 4.98 Å². The summed E-state index contributed by atoms with van der Waals surface area (Å²) in [5.74, 6) is 0. The van der Waals surface area contributed by atoms with Crippen LogP contribution in [0.15, 0.2) is 29.6 Å². The van der Waals surface area contributed by atoms with Gasteiger partial charge < -0.3 is 16.2 Å². The molecule has 0 aliphatic heterocycles. The molecule has 0 spiro atoms. The Morgan fingerprint density at radius 2 is 2.27 bits per heavy atom. The molecule has 78 valence electrons. The number of hydrogen-bond donors (Lipinski definition) is 2. The molecule has 0 amide bonds. The standard InChI is InChI=1S/C9H8N3O2S/c10-9-11-8(5-15-9)6-2-1-3-7(4-6)12(13)14/h1-5,13H,(H2,10,11)/q-1. The van der Waals surface area contributed by atoms with Crippen LogP contribution < -0.4 is 11.0 Å². The van der Waals surface area contributed by atoms with Crippen molar-refractivity contribution in [2.75, 3.05) is 11.0 Å². The molecule has 6 heteroatoms. The van der Waals surface area contributed by atoms with Gasteiger partial charge in [-0.2, -0.15) is 0 Å². The van der Waals surface area contributed by atoms with E-state index in [-0.39, 0.29) is 10.9 Å². The zero-order valence-corrected chi connectivity index (χ0v) is 8.44. The Hall–Kier alpha value is -1.63. The zero-order valence-electron chi connectivity index (χ0n) is 7.62. The molecule has 0 unspecified atom stereocenters. The second-order valence-electron chi connectivity index (χ2n) is 2.89. The smallest absolute Gasteiger partial charge is 0.180 e. The third kappa shape index (κ3) is 2.07. The van der Waals surface area contributed by atoms with Crippen molar-refractivity contribution in [2.45, 2.75) is 0 Å². The molecular formula is C9H8N3O2S-. The minimum absolute atomic E-state index is 0.166. The van der Waals surface area contributed by atoms with Crippen molar-refractivity contribution < 1.29 is 5.21 Å². The van der Waals surface area contributed by atoms with Gasteiger partial charge in [0.25, 0.3) is 0 Å². The first-order chi connectivity index (χ1) is 7.16. The molecule has 3 N–H and O–H groups in total. The van der Waals surface area contributed by atoms with Crippen molar-refractivity contribution in [3.8, 4) is 11.3 Å². The van der Waals surface area contributed by atoms with Crippen molar-refractivity contribution in [2.24, 2.45) is 0 Å². The molecule has 1 aromatic carbocycles. The monoisotopic (exact) mass is 222 g/mol. The fraction of sp³-hybridized carbons (Fsp3) is 0. The van der Waals surface area contributed by atoms with E-state index in [4.69, 9.17) is 10.9 Å². The molecule has 0 radical (unpaired) electrons.